The van der Waals surface area contributed by atoms with E-state index in [9.17, 15) is 29.6 Å². The molecule has 12 nitrogen and oxygen atoms in total. The van der Waals surface area contributed by atoms with Crippen LogP contribution in [0.25, 0.3) is 0 Å². The molecule has 1 amide bonds. The maximum atomic E-state index is 12.7. The second-order valence-corrected chi connectivity index (χ2v) is 7.05. The van der Waals surface area contributed by atoms with E-state index in [2.05, 4.69) is 20.7 Å². The molecule has 0 fully saturated rings. The molecular formula is C18H14N6O6S. The number of phenolic OH excluding ortho intramolecular Hbond substituents is 1. The van der Waals surface area contributed by atoms with Crippen molar-refractivity contribution in [3.8, 4) is 5.75 Å². The Balaban J connectivity index is 1.81. The van der Waals surface area contributed by atoms with Crippen LogP contribution in [0.15, 0.2) is 68.2 Å². The van der Waals surface area contributed by atoms with Crippen LogP contribution >= 0.6 is 11.8 Å². The molecule has 1 atom stereocenters. The number of benzene rings is 2. The van der Waals surface area contributed by atoms with E-state index < -0.39 is 38.8 Å². The molecule has 1 unspecified atom stereocenters. The minimum absolute atomic E-state index is 0.123. The van der Waals surface area contributed by atoms with Gasteiger partial charge >= 0.3 is 11.4 Å². The van der Waals surface area contributed by atoms with Gasteiger partial charge in [-0.3, -0.25) is 24.7 Å². The van der Waals surface area contributed by atoms with E-state index >= 15 is 0 Å². The summed E-state index contributed by atoms with van der Waals surface area (Å²) < 4.78 is 0. The molecule has 1 aromatic heterocycles. The Kier molecular flexibility index (Phi) is 6.57. The number of nitrogens with one attached hydrogen (secondary N) is 3. The quantitative estimate of drug-likeness (QED) is 0.181. The summed E-state index contributed by atoms with van der Waals surface area (Å²) >= 11 is 0.807. The number of hydrazone groups is 1. The van der Waals surface area contributed by atoms with Crippen molar-refractivity contribution in [2.75, 3.05) is 0 Å². The molecule has 0 saturated heterocycles. The highest BCUT2D eigenvalue weighted by Gasteiger charge is 2.24. The minimum Gasteiger partial charge on any atom is -0.502 e. The van der Waals surface area contributed by atoms with Crippen molar-refractivity contribution in [3.05, 3.63) is 90.6 Å². The largest absolute Gasteiger partial charge is 0.502 e. The Morgan fingerprint density at radius 1 is 1.26 bits per heavy atom. The summed E-state index contributed by atoms with van der Waals surface area (Å²) in [6.07, 6.45) is 1.17. The topological polar surface area (TPSA) is 183 Å². The molecule has 0 spiro atoms. The van der Waals surface area contributed by atoms with Crippen LogP contribution in [0, 0.1) is 10.1 Å². The van der Waals surface area contributed by atoms with Crippen LogP contribution in [0.3, 0.4) is 0 Å². The van der Waals surface area contributed by atoms with Crippen molar-refractivity contribution in [2.45, 2.75) is 10.3 Å². The van der Waals surface area contributed by atoms with E-state index in [4.69, 9.17) is 0 Å². The van der Waals surface area contributed by atoms with Gasteiger partial charge in [0.1, 0.15) is 5.25 Å². The Hall–Kier alpha value is -4.26. The predicted molar refractivity (Wildman–Crippen MR) is 111 cm³/mol. The SMILES string of the molecule is O=C(N/N=C\c1ccc(O)c([N+](=O)[O-])c1)C(Sc1n[nH]c(=O)[nH]c1=O)c1ccccc1. The van der Waals surface area contributed by atoms with Gasteiger partial charge in [-0.15, -0.1) is 0 Å². The van der Waals surface area contributed by atoms with Gasteiger partial charge in [-0.05, 0) is 17.7 Å². The summed E-state index contributed by atoms with van der Waals surface area (Å²) in [6, 6.07) is 12.1. The van der Waals surface area contributed by atoms with Crippen LogP contribution in [-0.4, -0.2) is 37.3 Å². The van der Waals surface area contributed by atoms with Crippen molar-refractivity contribution >= 4 is 29.6 Å². The molecule has 31 heavy (non-hydrogen) atoms. The molecule has 0 bridgehead atoms. The zero-order chi connectivity index (χ0) is 22.4. The van der Waals surface area contributed by atoms with Gasteiger partial charge in [0.25, 0.3) is 11.5 Å². The molecule has 0 saturated carbocycles. The Labute approximate surface area is 177 Å². The van der Waals surface area contributed by atoms with E-state index in [1.54, 1.807) is 30.3 Å². The molecule has 3 rings (SSSR count). The molecule has 2 aromatic carbocycles. The van der Waals surface area contributed by atoms with Crippen molar-refractivity contribution < 1.29 is 14.8 Å². The first-order valence-electron chi connectivity index (χ1n) is 8.56. The number of carbonyl (C=O) groups is 1. The van der Waals surface area contributed by atoms with E-state index in [1.165, 1.54) is 12.3 Å². The van der Waals surface area contributed by atoms with Crippen molar-refractivity contribution in [2.24, 2.45) is 5.10 Å². The number of hydrogen-bond donors (Lipinski definition) is 4. The van der Waals surface area contributed by atoms with Crippen molar-refractivity contribution in [1.82, 2.24) is 20.6 Å². The van der Waals surface area contributed by atoms with Gasteiger partial charge in [0.2, 0.25) is 0 Å². The van der Waals surface area contributed by atoms with Gasteiger partial charge < -0.3 is 5.11 Å². The summed E-state index contributed by atoms with van der Waals surface area (Å²) in [6.45, 7) is 0. The molecule has 3 aromatic rings. The normalized spacial score (nSPS) is 11.9. The van der Waals surface area contributed by atoms with Crippen molar-refractivity contribution in [1.29, 1.82) is 0 Å². The van der Waals surface area contributed by atoms with Gasteiger partial charge in [0.15, 0.2) is 10.8 Å². The third kappa shape index (κ3) is 5.42. The predicted octanol–water partition coefficient (Wildman–Crippen LogP) is 1.06. The maximum Gasteiger partial charge on any atom is 0.342 e. The lowest BCUT2D eigenvalue weighted by Crippen LogP contribution is -2.28. The Bertz CT molecular complexity index is 1260. The molecule has 0 radical (unpaired) electrons. The molecule has 4 N–H and O–H groups in total. The van der Waals surface area contributed by atoms with Crippen LogP contribution in [0.5, 0.6) is 5.75 Å². The number of nitrogens with zero attached hydrogens (tertiary/aromatic N) is 3. The van der Waals surface area contributed by atoms with Gasteiger partial charge in [0, 0.05) is 11.6 Å². The second kappa shape index (κ2) is 9.49. The molecule has 158 valence electrons. The van der Waals surface area contributed by atoms with E-state index in [0.717, 1.165) is 23.9 Å². The van der Waals surface area contributed by atoms with Crippen LogP contribution in [-0.2, 0) is 4.79 Å². The molecule has 0 aliphatic heterocycles. The monoisotopic (exact) mass is 442 g/mol. The van der Waals surface area contributed by atoms with Gasteiger partial charge in [-0.1, -0.05) is 42.1 Å². The summed E-state index contributed by atoms with van der Waals surface area (Å²) in [5, 5.41) is 28.9. The van der Waals surface area contributed by atoms with Crippen molar-refractivity contribution in [3.63, 3.8) is 0 Å². The van der Waals surface area contributed by atoms with E-state index in [-0.39, 0.29) is 10.6 Å². The second-order valence-electron chi connectivity index (χ2n) is 5.96. The molecular weight excluding hydrogens is 428 g/mol. The lowest BCUT2D eigenvalue weighted by Gasteiger charge is -2.14. The summed E-state index contributed by atoms with van der Waals surface area (Å²) in [4.78, 5) is 48.0. The summed E-state index contributed by atoms with van der Waals surface area (Å²) in [7, 11) is 0. The number of thioether (sulfide) groups is 1. The lowest BCUT2D eigenvalue weighted by atomic mass is 10.1. The number of nitro groups is 1. The average molecular weight is 442 g/mol. The summed E-state index contributed by atoms with van der Waals surface area (Å²) in [5.41, 5.74) is 1.10. The Morgan fingerprint density at radius 3 is 2.68 bits per heavy atom. The van der Waals surface area contributed by atoms with Crippen LogP contribution in [0.4, 0.5) is 5.69 Å². The minimum atomic E-state index is -0.938. The first kappa shape index (κ1) is 21.4. The highest BCUT2D eigenvalue weighted by Crippen LogP contribution is 2.32. The standard InChI is InChI=1S/C18H14N6O6S/c25-13-7-6-10(8-12(13)24(29)30)9-19-21-15(26)14(11-4-2-1-3-5-11)31-17-16(27)20-18(28)23-22-17/h1-9,14,25H,(H,21,26)(H2,20,23,27,28)/b19-9-. The third-order valence-electron chi connectivity index (χ3n) is 3.83. The maximum absolute atomic E-state index is 12.7. The number of aromatic nitrogens is 3. The first-order chi connectivity index (χ1) is 14.8. The Morgan fingerprint density at radius 2 is 2.00 bits per heavy atom. The number of phenols is 1. The van der Waals surface area contributed by atoms with Gasteiger partial charge in [-0.25, -0.2) is 15.3 Å². The number of carbonyl (C=O) groups excluding carboxylic acids is 1. The first-order valence-corrected chi connectivity index (χ1v) is 9.44. The highest BCUT2D eigenvalue weighted by molar-refractivity contribution is 8.00. The smallest absolute Gasteiger partial charge is 0.342 e. The van der Waals surface area contributed by atoms with Gasteiger partial charge in [0.05, 0.1) is 11.1 Å². The van der Waals surface area contributed by atoms with Crippen LogP contribution in [0.2, 0.25) is 0 Å². The number of aromatic hydroxyl groups is 1. The molecule has 0 aliphatic carbocycles. The lowest BCUT2D eigenvalue weighted by molar-refractivity contribution is -0.385. The van der Waals surface area contributed by atoms with Gasteiger partial charge in [-0.2, -0.15) is 10.2 Å². The number of H-pyrrole nitrogens is 2. The third-order valence-corrected chi connectivity index (χ3v) is 5.06. The van der Waals surface area contributed by atoms with Crippen LogP contribution in [0.1, 0.15) is 16.4 Å². The number of nitro benzene ring substituents is 1. The number of hydrogen-bond acceptors (Lipinski definition) is 9. The summed E-state index contributed by atoms with van der Waals surface area (Å²) in [5.74, 6) is -1.10. The fraction of sp³-hybridized carbons (Fsp3) is 0.0556. The number of rotatable bonds is 7. The number of amides is 1. The average Bonchev–Trinajstić information content (AvgIpc) is 2.74. The highest BCUT2D eigenvalue weighted by atomic mass is 32.2. The fourth-order valence-electron chi connectivity index (χ4n) is 2.43. The molecule has 0 aliphatic rings. The fourth-order valence-corrected chi connectivity index (χ4v) is 3.36. The van der Waals surface area contributed by atoms with E-state index in [1.807, 2.05) is 4.98 Å². The van der Waals surface area contributed by atoms with E-state index in [0.29, 0.717) is 5.56 Å². The number of aromatic amines is 2. The molecule has 13 heteroatoms. The van der Waals surface area contributed by atoms with Crippen LogP contribution < -0.4 is 16.7 Å². The molecule has 1 heterocycles. The zero-order valence-corrected chi connectivity index (χ0v) is 16.3. The zero-order valence-electron chi connectivity index (χ0n) is 15.5.